The molecule has 1 aromatic heterocycles. The number of carbonyl (C=O) groups is 4. The molecule has 0 saturated heterocycles. The third-order valence-electron chi connectivity index (χ3n) is 6.96. The van der Waals surface area contributed by atoms with Crippen LogP contribution in [0.25, 0.3) is 0 Å². The highest BCUT2D eigenvalue weighted by Crippen LogP contribution is 2.15. The van der Waals surface area contributed by atoms with Crippen molar-refractivity contribution in [3.8, 4) is 0 Å². The van der Waals surface area contributed by atoms with Gasteiger partial charge in [0.05, 0.1) is 18.7 Å². The van der Waals surface area contributed by atoms with Gasteiger partial charge in [0.1, 0.15) is 12.1 Å². The Bertz CT molecular complexity index is 1190. The summed E-state index contributed by atoms with van der Waals surface area (Å²) in [6.45, 7) is 7.62. The van der Waals surface area contributed by atoms with E-state index in [-0.39, 0.29) is 18.4 Å². The van der Waals surface area contributed by atoms with Gasteiger partial charge in [0, 0.05) is 39.6 Å². The second-order valence-electron chi connectivity index (χ2n) is 11.9. The minimum absolute atomic E-state index is 0.0235. The van der Waals surface area contributed by atoms with Gasteiger partial charge in [0.2, 0.25) is 5.91 Å². The lowest BCUT2D eigenvalue weighted by Gasteiger charge is -2.33. The van der Waals surface area contributed by atoms with Crippen LogP contribution in [0.3, 0.4) is 0 Å². The van der Waals surface area contributed by atoms with E-state index in [9.17, 15) is 24.3 Å². The molecule has 0 radical (unpaired) electrons. The Labute approximate surface area is 265 Å². The second-order valence-corrected chi connectivity index (χ2v) is 13.0. The van der Waals surface area contributed by atoms with Crippen LogP contribution in [0, 0.1) is 11.8 Å². The molecule has 1 heterocycles. The van der Waals surface area contributed by atoms with Crippen LogP contribution >= 0.6 is 11.3 Å². The summed E-state index contributed by atoms with van der Waals surface area (Å²) < 4.78 is 0. The number of aliphatic hydroxyl groups is 1. The number of hydrazine groups is 1. The summed E-state index contributed by atoms with van der Waals surface area (Å²) in [4.78, 5) is 55.4. The number of nitrogens with one attached hydrogen (secondary N) is 4. The molecule has 0 spiro atoms. The maximum Gasteiger partial charge on any atom is 0.317 e. The van der Waals surface area contributed by atoms with Crippen molar-refractivity contribution in [1.29, 1.82) is 0 Å². The maximum atomic E-state index is 13.5. The van der Waals surface area contributed by atoms with Gasteiger partial charge in [-0.25, -0.2) is 14.6 Å². The summed E-state index contributed by atoms with van der Waals surface area (Å²) in [6, 6.07) is 10.1. The minimum Gasteiger partial charge on any atom is -0.390 e. The van der Waals surface area contributed by atoms with Crippen molar-refractivity contribution >= 4 is 35.2 Å². The Morgan fingerprint density at radius 3 is 1.80 bits per heavy atom. The molecule has 2 aromatic rings. The van der Waals surface area contributed by atoms with E-state index in [2.05, 4.69) is 21.4 Å². The zero-order chi connectivity index (χ0) is 33.0. The van der Waals surface area contributed by atoms with Crippen LogP contribution in [-0.2, 0) is 22.6 Å². The van der Waals surface area contributed by atoms with Crippen LogP contribution in [0.5, 0.6) is 0 Å². The number of benzene rings is 1. The third-order valence-corrected chi connectivity index (χ3v) is 7.82. The van der Waals surface area contributed by atoms with Gasteiger partial charge in [0.15, 0.2) is 0 Å². The summed E-state index contributed by atoms with van der Waals surface area (Å²) in [7, 11) is 6.39. The first-order chi connectivity index (χ1) is 20.7. The van der Waals surface area contributed by atoms with Crippen LogP contribution < -0.4 is 21.4 Å². The average Bonchev–Trinajstić information content (AvgIpc) is 3.46. The maximum absolute atomic E-state index is 13.5. The van der Waals surface area contributed by atoms with E-state index in [1.54, 1.807) is 33.2 Å². The standard InChI is InChI=1S/C31H49N7O5S/c1-20(2)26(33-30(42)36(5)6)28(40)32-24(17-22-13-10-9-11-14-22)25(39)19-38(18-23-15-12-16-44-23)35-29(41)27(21(3)4)34-31(43)37(7)8/h9-16,20-21,24-27,39H,17-19H2,1-8H3,(H,32,40)(H,33,42)(H,34,43)(H,35,41)/t24-,25-,26-,27-/m0/s1. The summed E-state index contributed by atoms with van der Waals surface area (Å²) in [6.07, 6.45) is -0.806. The molecule has 0 bridgehead atoms. The van der Waals surface area contributed by atoms with Crippen LogP contribution in [0.2, 0.25) is 0 Å². The van der Waals surface area contributed by atoms with Gasteiger partial charge < -0.3 is 30.9 Å². The smallest absolute Gasteiger partial charge is 0.317 e. The van der Waals surface area contributed by atoms with Crippen molar-refractivity contribution in [2.45, 2.75) is 64.9 Å². The van der Waals surface area contributed by atoms with Crippen LogP contribution in [0.1, 0.15) is 38.1 Å². The molecular weight excluding hydrogens is 582 g/mol. The molecule has 12 nitrogen and oxygen atoms in total. The molecule has 2 rings (SSSR count). The number of carbonyl (C=O) groups excluding carboxylic acids is 4. The topological polar surface area (TPSA) is 146 Å². The Hall–Kier alpha value is -3.68. The van der Waals surface area contributed by atoms with Gasteiger partial charge in [-0.2, -0.15) is 0 Å². The van der Waals surface area contributed by atoms with Crippen molar-refractivity contribution in [3.63, 3.8) is 0 Å². The fraction of sp³-hybridized carbons (Fsp3) is 0.548. The quantitative estimate of drug-likeness (QED) is 0.191. The molecule has 0 aliphatic heterocycles. The second kappa shape index (κ2) is 17.6. The number of aliphatic hydroxyl groups excluding tert-OH is 1. The van der Waals surface area contributed by atoms with Crippen molar-refractivity contribution in [3.05, 3.63) is 58.3 Å². The van der Waals surface area contributed by atoms with Gasteiger partial charge in [-0.1, -0.05) is 64.1 Å². The molecule has 13 heteroatoms. The van der Waals surface area contributed by atoms with E-state index in [1.807, 2.05) is 75.5 Å². The molecule has 244 valence electrons. The van der Waals surface area contributed by atoms with Crippen molar-refractivity contribution in [2.24, 2.45) is 11.8 Å². The minimum atomic E-state index is -1.12. The summed E-state index contributed by atoms with van der Waals surface area (Å²) >= 11 is 1.51. The first-order valence-electron chi connectivity index (χ1n) is 14.7. The zero-order valence-electron chi connectivity index (χ0n) is 27.0. The highest BCUT2D eigenvalue weighted by molar-refractivity contribution is 7.09. The zero-order valence-corrected chi connectivity index (χ0v) is 27.9. The molecular formula is C31H49N7O5S. The molecule has 0 fully saturated rings. The Morgan fingerprint density at radius 2 is 1.32 bits per heavy atom. The van der Waals surface area contributed by atoms with Crippen LogP contribution in [-0.4, -0.2) is 103 Å². The lowest BCUT2D eigenvalue weighted by atomic mass is 9.98. The van der Waals surface area contributed by atoms with E-state index >= 15 is 0 Å². The number of rotatable bonds is 15. The SMILES string of the molecule is CC(C)[C@H](NC(=O)N(C)C)C(=O)N[C@@H](Cc1ccccc1)[C@@H](O)CN(Cc1cccs1)NC(=O)[C@@H](NC(=O)N(C)C)C(C)C. The third kappa shape index (κ3) is 11.8. The van der Waals surface area contributed by atoms with Gasteiger partial charge in [-0.15, -0.1) is 11.3 Å². The number of amides is 6. The fourth-order valence-electron chi connectivity index (χ4n) is 4.34. The molecule has 0 aliphatic rings. The van der Waals surface area contributed by atoms with E-state index in [1.165, 1.54) is 21.1 Å². The predicted octanol–water partition coefficient (Wildman–Crippen LogP) is 2.26. The van der Waals surface area contributed by atoms with Crippen molar-refractivity contribution in [2.75, 3.05) is 34.7 Å². The predicted molar refractivity (Wildman–Crippen MR) is 173 cm³/mol. The largest absolute Gasteiger partial charge is 0.390 e. The molecule has 44 heavy (non-hydrogen) atoms. The van der Waals surface area contributed by atoms with Gasteiger partial charge in [-0.3, -0.25) is 15.0 Å². The molecule has 4 atom stereocenters. The number of hydrogen-bond acceptors (Lipinski definition) is 7. The molecule has 0 aliphatic carbocycles. The molecule has 0 unspecified atom stereocenters. The van der Waals surface area contributed by atoms with E-state index in [4.69, 9.17) is 0 Å². The number of urea groups is 2. The van der Waals surface area contributed by atoms with Gasteiger partial charge in [-0.05, 0) is 35.3 Å². The lowest BCUT2D eigenvalue weighted by molar-refractivity contribution is -0.131. The van der Waals surface area contributed by atoms with Crippen molar-refractivity contribution in [1.82, 2.24) is 36.2 Å². The van der Waals surface area contributed by atoms with Gasteiger partial charge >= 0.3 is 12.1 Å². The Balaban J connectivity index is 2.33. The summed E-state index contributed by atoms with van der Waals surface area (Å²) in [5, 5.41) is 23.6. The number of hydrogen-bond donors (Lipinski definition) is 5. The normalized spacial score (nSPS) is 14.0. The summed E-state index contributed by atoms with van der Waals surface area (Å²) in [5.41, 5.74) is 3.79. The fourth-order valence-corrected chi connectivity index (χ4v) is 5.06. The molecule has 6 amide bonds. The van der Waals surface area contributed by atoms with E-state index < -0.39 is 48.1 Å². The first-order valence-corrected chi connectivity index (χ1v) is 15.6. The highest BCUT2D eigenvalue weighted by Gasteiger charge is 2.32. The van der Waals surface area contributed by atoms with Crippen LogP contribution in [0.15, 0.2) is 47.8 Å². The van der Waals surface area contributed by atoms with Gasteiger partial charge in [0.25, 0.3) is 5.91 Å². The van der Waals surface area contributed by atoms with Crippen molar-refractivity contribution < 1.29 is 24.3 Å². The number of nitrogens with zero attached hydrogens (tertiary/aromatic N) is 3. The van der Waals surface area contributed by atoms with Crippen LogP contribution in [0.4, 0.5) is 9.59 Å². The highest BCUT2D eigenvalue weighted by atomic mass is 32.1. The molecule has 0 saturated carbocycles. The molecule has 1 aromatic carbocycles. The average molecular weight is 632 g/mol. The Kier molecular flexibility index (Phi) is 14.6. The molecule has 5 N–H and O–H groups in total. The Morgan fingerprint density at radius 1 is 0.773 bits per heavy atom. The van der Waals surface area contributed by atoms with E-state index in [0.717, 1.165) is 10.4 Å². The lowest BCUT2D eigenvalue weighted by Crippen LogP contribution is -2.59. The monoisotopic (exact) mass is 631 g/mol. The summed E-state index contributed by atoms with van der Waals surface area (Å²) in [5.74, 6) is -1.26. The first kappa shape index (κ1) is 36.5. The van der Waals surface area contributed by atoms with E-state index in [0.29, 0.717) is 13.0 Å². The number of thiophene rings is 1.